The third-order valence-electron chi connectivity index (χ3n) is 4.24. The molecule has 4 aromatic rings. The van der Waals surface area contributed by atoms with Gasteiger partial charge in [-0.3, -0.25) is 0 Å². The molecule has 132 valence electrons. The predicted molar refractivity (Wildman–Crippen MR) is 107 cm³/mol. The second-order valence-corrected chi connectivity index (χ2v) is 6.24. The van der Waals surface area contributed by atoms with Crippen molar-refractivity contribution in [3.8, 4) is 34.0 Å². The van der Waals surface area contributed by atoms with Crippen molar-refractivity contribution in [1.82, 2.24) is 9.97 Å². The third kappa shape index (κ3) is 3.65. The average Bonchev–Trinajstić information content (AvgIpc) is 2.71. The Balaban J connectivity index is 1.95. The summed E-state index contributed by atoms with van der Waals surface area (Å²) in [7, 11) is 0. The number of H-pyrrole nitrogens is 1. The smallest absolute Gasteiger partial charge is 0.346 e. The van der Waals surface area contributed by atoms with E-state index in [4.69, 9.17) is 4.74 Å². The number of benzene rings is 3. The van der Waals surface area contributed by atoms with Gasteiger partial charge in [-0.25, -0.2) is 4.79 Å². The zero-order valence-corrected chi connectivity index (χ0v) is 14.8. The maximum atomic E-state index is 12.3. The highest BCUT2D eigenvalue weighted by molar-refractivity contribution is 5.77. The first-order valence-corrected chi connectivity index (χ1v) is 8.70. The van der Waals surface area contributed by atoms with E-state index in [2.05, 4.69) is 9.97 Å². The quantitative estimate of drug-likeness (QED) is 0.548. The summed E-state index contributed by atoms with van der Waals surface area (Å²) in [6, 6.07) is 27.0. The minimum absolute atomic E-state index is 0.412. The Kier molecular flexibility index (Phi) is 4.54. The number of para-hydroxylation sites is 1. The number of aromatic nitrogens is 2. The first-order valence-electron chi connectivity index (χ1n) is 8.70. The largest absolute Gasteiger partial charge is 0.453 e. The zero-order valence-electron chi connectivity index (χ0n) is 14.8. The number of aryl methyl sites for hydroxylation is 1. The van der Waals surface area contributed by atoms with Gasteiger partial charge in [-0.2, -0.15) is 4.98 Å². The molecule has 3 aromatic carbocycles. The van der Waals surface area contributed by atoms with Crippen molar-refractivity contribution in [3.05, 3.63) is 101 Å². The van der Waals surface area contributed by atoms with E-state index < -0.39 is 5.69 Å². The van der Waals surface area contributed by atoms with E-state index in [9.17, 15) is 4.79 Å². The van der Waals surface area contributed by atoms with Crippen LogP contribution in [0.4, 0.5) is 0 Å². The Hall–Kier alpha value is -3.66. The summed E-state index contributed by atoms with van der Waals surface area (Å²) in [5.41, 5.74) is 3.54. The Morgan fingerprint density at radius 2 is 1.41 bits per heavy atom. The molecule has 0 aliphatic rings. The molecule has 0 aliphatic heterocycles. The van der Waals surface area contributed by atoms with Crippen LogP contribution in [0, 0.1) is 6.92 Å². The molecule has 0 amide bonds. The zero-order chi connectivity index (χ0) is 18.6. The van der Waals surface area contributed by atoms with Crippen LogP contribution in [0.15, 0.2) is 89.7 Å². The molecule has 1 aromatic heterocycles. The van der Waals surface area contributed by atoms with Gasteiger partial charge in [0.15, 0.2) is 5.75 Å². The van der Waals surface area contributed by atoms with E-state index in [1.54, 1.807) is 0 Å². The summed E-state index contributed by atoms with van der Waals surface area (Å²) in [5, 5.41) is 0. The Morgan fingerprint density at radius 3 is 2.07 bits per heavy atom. The molecule has 0 bridgehead atoms. The molecule has 0 saturated heterocycles. The summed E-state index contributed by atoms with van der Waals surface area (Å²) in [5.74, 6) is 1.20. The number of nitrogens with zero attached hydrogens (tertiary/aromatic N) is 1. The van der Waals surface area contributed by atoms with Crippen LogP contribution in [-0.4, -0.2) is 9.97 Å². The molecular formula is C23H18N2O2. The highest BCUT2D eigenvalue weighted by Gasteiger charge is 2.18. The van der Waals surface area contributed by atoms with Gasteiger partial charge < -0.3 is 9.72 Å². The van der Waals surface area contributed by atoms with Crippen LogP contribution in [0.3, 0.4) is 0 Å². The SMILES string of the molecule is Cc1ccc(-c2[nH]c(=O)nc(-c3ccccc3)c2Oc2ccccc2)cc1. The lowest BCUT2D eigenvalue weighted by Gasteiger charge is -2.15. The lowest BCUT2D eigenvalue weighted by molar-refractivity contribution is 0.481. The van der Waals surface area contributed by atoms with Gasteiger partial charge >= 0.3 is 5.69 Å². The van der Waals surface area contributed by atoms with Gasteiger partial charge in [0.2, 0.25) is 0 Å². The molecule has 4 nitrogen and oxygen atoms in total. The molecule has 0 radical (unpaired) electrons. The van der Waals surface area contributed by atoms with Gasteiger partial charge in [-0.05, 0) is 19.1 Å². The third-order valence-corrected chi connectivity index (χ3v) is 4.24. The van der Waals surface area contributed by atoms with Gasteiger partial charge in [-0.1, -0.05) is 78.4 Å². The van der Waals surface area contributed by atoms with Gasteiger partial charge in [-0.15, -0.1) is 0 Å². The number of rotatable bonds is 4. The molecular weight excluding hydrogens is 336 g/mol. The van der Waals surface area contributed by atoms with Crippen LogP contribution in [-0.2, 0) is 0 Å². The summed E-state index contributed by atoms with van der Waals surface area (Å²) >= 11 is 0. The van der Waals surface area contributed by atoms with Crippen molar-refractivity contribution in [1.29, 1.82) is 0 Å². The average molecular weight is 354 g/mol. The topological polar surface area (TPSA) is 55.0 Å². The molecule has 0 atom stereocenters. The normalized spacial score (nSPS) is 10.6. The molecule has 4 heteroatoms. The van der Waals surface area contributed by atoms with Crippen molar-refractivity contribution in [2.75, 3.05) is 0 Å². The first kappa shape index (κ1) is 16.8. The predicted octanol–water partition coefficient (Wildman–Crippen LogP) is 5.20. The van der Waals surface area contributed by atoms with Crippen molar-refractivity contribution >= 4 is 0 Å². The van der Waals surface area contributed by atoms with Crippen LogP contribution in [0.2, 0.25) is 0 Å². The summed E-state index contributed by atoms with van der Waals surface area (Å²) in [4.78, 5) is 19.4. The fourth-order valence-corrected chi connectivity index (χ4v) is 2.88. The van der Waals surface area contributed by atoms with Gasteiger partial charge in [0.05, 0.1) is 5.69 Å². The maximum Gasteiger partial charge on any atom is 0.346 e. The van der Waals surface area contributed by atoms with E-state index >= 15 is 0 Å². The summed E-state index contributed by atoms with van der Waals surface area (Å²) in [6.07, 6.45) is 0. The number of nitrogens with one attached hydrogen (secondary N) is 1. The monoisotopic (exact) mass is 354 g/mol. The minimum atomic E-state index is -0.412. The van der Waals surface area contributed by atoms with Crippen LogP contribution >= 0.6 is 0 Å². The second-order valence-electron chi connectivity index (χ2n) is 6.24. The molecule has 0 fully saturated rings. The summed E-state index contributed by atoms with van der Waals surface area (Å²) in [6.45, 7) is 2.02. The van der Waals surface area contributed by atoms with Crippen molar-refractivity contribution < 1.29 is 4.74 Å². The lowest BCUT2D eigenvalue weighted by Crippen LogP contribution is -2.14. The Labute approximate surface area is 157 Å². The fourth-order valence-electron chi connectivity index (χ4n) is 2.88. The Morgan fingerprint density at radius 1 is 0.778 bits per heavy atom. The van der Waals surface area contributed by atoms with Gasteiger partial charge in [0, 0.05) is 11.1 Å². The van der Waals surface area contributed by atoms with Crippen molar-refractivity contribution in [2.45, 2.75) is 6.92 Å². The van der Waals surface area contributed by atoms with Crippen molar-refractivity contribution in [3.63, 3.8) is 0 Å². The van der Waals surface area contributed by atoms with Gasteiger partial charge in [0.1, 0.15) is 11.4 Å². The first-order chi connectivity index (χ1) is 13.2. The molecule has 1 heterocycles. The standard InChI is InChI=1S/C23H18N2O2/c1-16-12-14-18(15-13-16)21-22(27-19-10-6-3-7-11-19)20(24-23(26)25-21)17-8-4-2-5-9-17/h2-15H,1H3,(H,24,25,26). The number of hydrogen-bond acceptors (Lipinski definition) is 3. The highest BCUT2D eigenvalue weighted by Crippen LogP contribution is 2.38. The molecule has 0 unspecified atom stereocenters. The van der Waals surface area contributed by atoms with E-state index in [1.807, 2.05) is 91.9 Å². The summed E-state index contributed by atoms with van der Waals surface area (Å²) < 4.78 is 6.20. The maximum absolute atomic E-state index is 12.3. The van der Waals surface area contributed by atoms with Crippen LogP contribution in [0.5, 0.6) is 11.5 Å². The van der Waals surface area contributed by atoms with Crippen LogP contribution in [0.1, 0.15) is 5.56 Å². The Bertz CT molecular complexity index is 1100. The van der Waals surface area contributed by atoms with Crippen LogP contribution in [0.25, 0.3) is 22.5 Å². The van der Waals surface area contributed by atoms with E-state index in [1.165, 1.54) is 0 Å². The van der Waals surface area contributed by atoms with Crippen molar-refractivity contribution in [2.24, 2.45) is 0 Å². The minimum Gasteiger partial charge on any atom is -0.453 e. The number of ether oxygens (including phenoxy) is 1. The fraction of sp³-hybridized carbons (Fsp3) is 0.0435. The number of hydrogen-bond donors (Lipinski definition) is 1. The van der Waals surface area contributed by atoms with Gasteiger partial charge in [0.25, 0.3) is 0 Å². The molecule has 0 aliphatic carbocycles. The lowest BCUT2D eigenvalue weighted by atomic mass is 10.0. The van der Waals surface area contributed by atoms with E-state index in [0.29, 0.717) is 22.9 Å². The molecule has 27 heavy (non-hydrogen) atoms. The van der Waals surface area contributed by atoms with Crippen LogP contribution < -0.4 is 10.4 Å². The van der Waals surface area contributed by atoms with E-state index in [0.717, 1.165) is 16.7 Å². The molecule has 0 saturated carbocycles. The molecule has 1 N–H and O–H groups in total. The van der Waals surface area contributed by atoms with E-state index in [-0.39, 0.29) is 0 Å². The molecule has 4 rings (SSSR count). The second kappa shape index (κ2) is 7.30. The molecule has 0 spiro atoms. The highest BCUT2D eigenvalue weighted by atomic mass is 16.5. The number of aromatic amines is 1.